The average molecular weight is 349 g/mol. The second-order valence-electron chi connectivity index (χ2n) is 6.69. The van der Waals surface area contributed by atoms with Crippen LogP contribution in [-0.4, -0.2) is 15.7 Å². The zero-order valence-corrected chi connectivity index (χ0v) is 14.5. The van der Waals surface area contributed by atoms with Crippen LogP contribution in [0.2, 0.25) is 0 Å². The molecule has 1 aromatic heterocycles. The Morgan fingerprint density at radius 2 is 1.85 bits per heavy atom. The van der Waals surface area contributed by atoms with Crippen LogP contribution in [0.5, 0.6) is 0 Å². The molecule has 26 heavy (non-hydrogen) atoms. The van der Waals surface area contributed by atoms with E-state index in [-0.39, 0.29) is 11.7 Å². The Balaban J connectivity index is 1.64. The fourth-order valence-electron chi connectivity index (χ4n) is 3.08. The number of para-hydroxylation sites is 1. The number of halogens is 1. The predicted molar refractivity (Wildman–Crippen MR) is 97.8 cm³/mol. The zero-order chi connectivity index (χ0) is 18.1. The SMILES string of the molecule is C[C@H](NC(=O)c1cc(C2CC2)nn1-c1ccccc1)c1ccccc1F. The minimum absolute atomic E-state index is 0.260. The summed E-state index contributed by atoms with van der Waals surface area (Å²) in [5.74, 6) is -0.143. The van der Waals surface area contributed by atoms with Gasteiger partial charge in [-0.15, -0.1) is 0 Å². The number of carbonyl (C=O) groups excluding carboxylic acids is 1. The summed E-state index contributed by atoms with van der Waals surface area (Å²) in [6.07, 6.45) is 2.22. The normalized spacial score (nSPS) is 14.8. The lowest BCUT2D eigenvalue weighted by Crippen LogP contribution is -2.29. The highest BCUT2D eigenvalue weighted by Gasteiger charge is 2.29. The van der Waals surface area contributed by atoms with Crippen molar-refractivity contribution >= 4 is 5.91 Å². The molecule has 1 heterocycles. The van der Waals surface area contributed by atoms with Gasteiger partial charge in [0.15, 0.2) is 0 Å². The molecule has 0 radical (unpaired) electrons. The molecule has 0 unspecified atom stereocenters. The Hall–Kier alpha value is -2.95. The molecule has 0 spiro atoms. The summed E-state index contributed by atoms with van der Waals surface area (Å²) in [4.78, 5) is 12.9. The lowest BCUT2D eigenvalue weighted by Gasteiger charge is -2.15. The molecule has 1 amide bonds. The topological polar surface area (TPSA) is 46.9 Å². The van der Waals surface area contributed by atoms with Crippen molar-refractivity contribution in [1.29, 1.82) is 0 Å². The van der Waals surface area contributed by atoms with Crippen LogP contribution in [0, 0.1) is 5.82 Å². The monoisotopic (exact) mass is 349 g/mol. The summed E-state index contributed by atoms with van der Waals surface area (Å²) in [7, 11) is 0. The Kier molecular flexibility index (Phi) is 4.29. The van der Waals surface area contributed by atoms with Crippen LogP contribution in [0.3, 0.4) is 0 Å². The first-order valence-corrected chi connectivity index (χ1v) is 8.84. The highest BCUT2D eigenvalue weighted by molar-refractivity contribution is 5.93. The third-order valence-corrected chi connectivity index (χ3v) is 4.68. The summed E-state index contributed by atoms with van der Waals surface area (Å²) in [6, 6.07) is 17.5. The van der Waals surface area contributed by atoms with Gasteiger partial charge in [0.05, 0.1) is 17.4 Å². The summed E-state index contributed by atoms with van der Waals surface area (Å²) < 4.78 is 15.7. The molecule has 1 fully saturated rings. The van der Waals surface area contributed by atoms with E-state index in [9.17, 15) is 9.18 Å². The van der Waals surface area contributed by atoms with Gasteiger partial charge in [0.2, 0.25) is 0 Å². The van der Waals surface area contributed by atoms with E-state index in [1.54, 1.807) is 29.8 Å². The second-order valence-corrected chi connectivity index (χ2v) is 6.69. The van der Waals surface area contributed by atoms with Gasteiger partial charge in [-0.3, -0.25) is 4.79 Å². The van der Waals surface area contributed by atoms with Crippen LogP contribution in [0.1, 0.15) is 53.5 Å². The summed E-state index contributed by atoms with van der Waals surface area (Å²) in [5.41, 5.74) is 2.72. The van der Waals surface area contributed by atoms with E-state index in [2.05, 4.69) is 10.4 Å². The van der Waals surface area contributed by atoms with Gasteiger partial charge in [0, 0.05) is 11.5 Å². The molecule has 4 nitrogen and oxygen atoms in total. The van der Waals surface area contributed by atoms with E-state index >= 15 is 0 Å². The number of amides is 1. The van der Waals surface area contributed by atoms with Crippen molar-refractivity contribution in [3.8, 4) is 5.69 Å². The van der Waals surface area contributed by atoms with Crippen LogP contribution in [0.4, 0.5) is 4.39 Å². The summed E-state index contributed by atoms with van der Waals surface area (Å²) in [5, 5.41) is 7.54. The van der Waals surface area contributed by atoms with Crippen molar-refractivity contribution in [2.75, 3.05) is 0 Å². The number of nitrogens with zero attached hydrogens (tertiary/aromatic N) is 2. The van der Waals surface area contributed by atoms with Crippen LogP contribution >= 0.6 is 0 Å². The fraction of sp³-hybridized carbons (Fsp3) is 0.238. The van der Waals surface area contributed by atoms with Gasteiger partial charge in [-0.1, -0.05) is 36.4 Å². The largest absolute Gasteiger partial charge is 0.344 e. The molecule has 1 saturated carbocycles. The first-order chi connectivity index (χ1) is 12.6. The van der Waals surface area contributed by atoms with Crippen molar-refractivity contribution in [2.45, 2.75) is 31.7 Å². The first kappa shape index (κ1) is 16.5. The Morgan fingerprint density at radius 3 is 2.54 bits per heavy atom. The van der Waals surface area contributed by atoms with Gasteiger partial charge in [-0.05, 0) is 44.0 Å². The molecule has 4 rings (SSSR count). The highest BCUT2D eigenvalue weighted by atomic mass is 19.1. The van der Waals surface area contributed by atoms with Crippen molar-refractivity contribution in [1.82, 2.24) is 15.1 Å². The molecule has 132 valence electrons. The van der Waals surface area contributed by atoms with Gasteiger partial charge >= 0.3 is 0 Å². The molecular weight excluding hydrogens is 329 g/mol. The van der Waals surface area contributed by atoms with E-state index in [4.69, 9.17) is 0 Å². The number of nitrogens with one attached hydrogen (secondary N) is 1. The maximum Gasteiger partial charge on any atom is 0.270 e. The molecule has 1 aliphatic carbocycles. The highest BCUT2D eigenvalue weighted by Crippen LogP contribution is 2.39. The van der Waals surface area contributed by atoms with Crippen LogP contribution < -0.4 is 5.32 Å². The lowest BCUT2D eigenvalue weighted by molar-refractivity contribution is 0.0931. The Bertz CT molecular complexity index is 931. The third-order valence-electron chi connectivity index (χ3n) is 4.68. The molecule has 1 aliphatic rings. The molecule has 0 aliphatic heterocycles. The van der Waals surface area contributed by atoms with E-state index in [1.807, 2.05) is 36.4 Å². The number of aromatic nitrogens is 2. The standard InChI is InChI=1S/C21H20FN3O/c1-14(17-9-5-6-10-18(17)22)23-21(26)20-13-19(15-11-12-15)24-25(20)16-7-3-2-4-8-16/h2-10,13-15H,11-12H2,1H3,(H,23,26)/t14-/m0/s1. The molecule has 1 N–H and O–H groups in total. The van der Waals surface area contributed by atoms with Crippen LogP contribution in [-0.2, 0) is 0 Å². The number of hydrogen-bond acceptors (Lipinski definition) is 2. The van der Waals surface area contributed by atoms with Crippen LogP contribution in [0.15, 0.2) is 60.7 Å². The summed E-state index contributed by atoms with van der Waals surface area (Å²) in [6.45, 7) is 1.78. The predicted octanol–water partition coefficient (Wildman–Crippen LogP) is 4.38. The minimum atomic E-state index is -0.438. The third kappa shape index (κ3) is 3.25. The minimum Gasteiger partial charge on any atom is -0.344 e. The Labute approximate surface area is 151 Å². The van der Waals surface area contributed by atoms with Gasteiger partial charge in [0.25, 0.3) is 5.91 Å². The maximum absolute atomic E-state index is 14.0. The number of benzene rings is 2. The molecule has 2 aromatic carbocycles. The average Bonchev–Trinajstić information content (AvgIpc) is 3.41. The molecule has 1 atom stereocenters. The molecule has 5 heteroatoms. The summed E-state index contributed by atoms with van der Waals surface area (Å²) >= 11 is 0. The molecule has 0 saturated heterocycles. The second kappa shape index (κ2) is 6.75. The first-order valence-electron chi connectivity index (χ1n) is 8.84. The van der Waals surface area contributed by atoms with E-state index in [0.29, 0.717) is 17.2 Å². The van der Waals surface area contributed by atoms with Crippen LogP contribution in [0.25, 0.3) is 5.69 Å². The molecule has 0 bridgehead atoms. The number of hydrogen-bond donors (Lipinski definition) is 1. The van der Waals surface area contributed by atoms with Crippen molar-refractivity contribution in [3.05, 3.63) is 83.4 Å². The van der Waals surface area contributed by atoms with Gasteiger partial charge < -0.3 is 5.32 Å². The van der Waals surface area contributed by atoms with E-state index < -0.39 is 6.04 Å². The fourth-order valence-corrected chi connectivity index (χ4v) is 3.08. The van der Waals surface area contributed by atoms with Gasteiger partial charge in [0.1, 0.15) is 11.5 Å². The molecule has 3 aromatic rings. The van der Waals surface area contributed by atoms with Gasteiger partial charge in [-0.2, -0.15) is 5.10 Å². The smallest absolute Gasteiger partial charge is 0.270 e. The lowest BCUT2D eigenvalue weighted by atomic mass is 10.1. The zero-order valence-electron chi connectivity index (χ0n) is 14.5. The Morgan fingerprint density at radius 1 is 1.15 bits per heavy atom. The van der Waals surface area contributed by atoms with Crippen molar-refractivity contribution < 1.29 is 9.18 Å². The van der Waals surface area contributed by atoms with Gasteiger partial charge in [-0.25, -0.2) is 9.07 Å². The van der Waals surface area contributed by atoms with Crippen molar-refractivity contribution in [2.24, 2.45) is 0 Å². The molecular formula is C21H20FN3O. The van der Waals surface area contributed by atoms with Crippen molar-refractivity contribution in [3.63, 3.8) is 0 Å². The number of carbonyl (C=O) groups is 1. The number of rotatable bonds is 5. The van der Waals surface area contributed by atoms with E-state index in [0.717, 1.165) is 24.2 Å². The van der Waals surface area contributed by atoms with E-state index in [1.165, 1.54) is 6.07 Å². The maximum atomic E-state index is 14.0. The quantitative estimate of drug-likeness (QED) is 0.743.